The van der Waals surface area contributed by atoms with Crippen molar-refractivity contribution < 1.29 is 23.9 Å². The first-order valence-corrected chi connectivity index (χ1v) is 15.3. The number of carboxylic acid groups (broad SMARTS) is 1. The number of hydrogen-bond donors (Lipinski definition) is 3. The second-order valence-electron chi connectivity index (χ2n) is 10.1. The Morgan fingerprint density at radius 3 is 2.38 bits per heavy atom. The van der Waals surface area contributed by atoms with Gasteiger partial charge in [-0.25, -0.2) is 9.18 Å². The van der Waals surface area contributed by atoms with E-state index in [0.717, 1.165) is 11.6 Å². The highest BCUT2D eigenvalue weighted by Gasteiger charge is 2.22. The summed E-state index contributed by atoms with van der Waals surface area (Å²) >= 11 is 14.1. The van der Waals surface area contributed by atoms with Crippen LogP contribution in [-0.2, 0) is 11.3 Å². The second-order valence-corrected chi connectivity index (χ2v) is 12.0. The highest BCUT2D eigenvalue weighted by Crippen LogP contribution is 2.29. The van der Waals surface area contributed by atoms with Gasteiger partial charge in [0, 0.05) is 27.4 Å². The predicted octanol–water partition coefficient (Wildman–Crippen LogP) is 7.22. The number of aromatic nitrogens is 1. The van der Waals surface area contributed by atoms with E-state index in [9.17, 15) is 28.7 Å². The number of hydrogen-bond acceptors (Lipinski definition) is 4. The summed E-state index contributed by atoms with van der Waals surface area (Å²) in [4.78, 5) is 51.2. The molecule has 3 N–H and O–H groups in total. The van der Waals surface area contributed by atoms with E-state index in [0.29, 0.717) is 30.3 Å². The van der Waals surface area contributed by atoms with Crippen LogP contribution in [-0.4, -0.2) is 33.5 Å². The molecule has 4 aromatic carbocycles. The van der Waals surface area contributed by atoms with Crippen LogP contribution in [0.25, 0.3) is 22.0 Å². The molecule has 2 amide bonds. The number of nitrogens with one attached hydrogen (secondary N) is 2. The number of carboxylic acids is 1. The maximum Gasteiger partial charge on any atom is 0.341 e. The topological polar surface area (TPSA) is 118 Å². The number of pyridine rings is 1. The Bertz CT molecular complexity index is 2050. The lowest BCUT2D eigenvalue weighted by Crippen LogP contribution is -2.41. The van der Waals surface area contributed by atoms with Crippen molar-refractivity contribution in [3.05, 3.63) is 131 Å². The molecule has 1 aromatic heterocycles. The second kappa shape index (κ2) is 13.4. The van der Waals surface area contributed by atoms with Gasteiger partial charge >= 0.3 is 5.97 Å². The van der Waals surface area contributed by atoms with E-state index in [1.807, 2.05) is 28.7 Å². The van der Waals surface area contributed by atoms with Crippen molar-refractivity contribution in [2.24, 2.45) is 0 Å². The van der Waals surface area contributed by atoms with Crippen molar-refractivity contribution >= 4 is 80.2 Å². The highest BCUT2D eigenvalue weighted by molar-refractivity contribution is 14.1. The lowest BCUT2D eigenvalue weighted by molar-refractivity contribution is -0.117. The quantitative estimate of drug-likeness (QED) is 0.145. The molecule has 0 saturated carbocycles. The van der Waals surface area contributed by atoms with E-state index >= 15 is 0 Å². The Morgan fingerprint density at radius 1 is 0.978 bits per heavy atom. The first kappa shape index (κ1) is 32.1. The standard InChI is InChI=1S/C33H23Cl2FIN3O5/c1-17(38-32(43)20-8-9-21(25(36)14-20)19-5-3-2-4-6-19)31(42)39-26-11-12-27-28(29(26)37)30(41)22(33(44)45)16-40(27)15-18-7-10-23(34)24(35)13-18/h2-14,16-17H,15H2,1H3,(H,38,43)(H,39,42)(H,44,45)/t17-/m0/s1. The molecule has 5 aromatic rings. The number of halogens is 4. The molecule has 0 aliphatic rings. The summed E-state index contributed by atoms with van der Waals surface area (Å²) in [7, 11) is 0. The minimum Gasteiger partial charge on any atom is -0.477 e. The average Bonchev–Trinajstić information content (AvgIpc) is 3.01. The van der Waals surface area contributed by atoms with E-state index in [-0.39, 0.29) is 23.2 Å². The van der Waals surface area contributed by atoms with E-state index < -0.39 is 40.6 Å². The van der Waals surface area contributed by atoms with Crippen molar-refractivity contribution in [2.75, 3.05) is 5.32 Å². The lowest BCUT2D eigenvalue weighted by Gasteiger charge is -2.18. The minimum absolute atomic E-state index is 0.0378. The van der Waals surface area contributed by atoms with Crippen LogP contribution < -0.4 is 16.1 Å². The largest absolute Gasteiger partial charge is 0.477 e. The van der Waals surface area contributed by atoms with Gasteiger partial charge in [0.05, 0.1) is 26.6 Å². The normalized spacial score (nSPS) is 11.7. The molecule has 0 aliphatic carbocycles. The molecule has 5 rings (SSSR count). The molecule has 1 atom stereocenters. The molecule has 0 saturated heterocycles. The van der Waals surface area contributed by atoms with Crippen LogP contribution in [0, 0.1) is 9.39 Å². The van der Waals surface area contributed by atoms with Gasteiger partial charge in [-0.2, -0.15) is 0 Å². The molecule has 0 radical (unpaired) electrons. The molecule has 45 heavy (non-hydrogen) atoms. The molecule has 0 spiro atoms. The summed E-state index contributed by atoms with van der Waals surface area (Å²) in [6, 6.07) is 20.1. The van der Waals surface area contributed by atoms with Gasteiger partial charge in [-0.3, -0.25) is 14.4 Å². The third-order valence-electron chi connectivity index (χ3n) is 7.07. The van der Waals surface area contributed by atoms with Crippen molar-refractivity contribution in [3.8, 4) is 11.1 Å². The van der Waals surface area contributed by atoms with Gasteiger partial charge in [-0.05, 0) is 77.0 Å². The molecule has 0 unspecified atom stereocenters. The number of carbonyl (C=O) groups excluding carboxylic acids is 2. The molecule has 0 bridgehead atoms. The number of fused-ring (bicyclic) bond motifs is 1. The third-order valence-corrected chi connectivity index (χ3v) is 8.93. The Hall–Kier alpha value is -4.26. The average molecular weight is 758 g/mol. The smallest absolute Gasteiger partial charge is 0.341 e. The zero-order valence-electron chi connectivity index (χ0n) is 23.4. The fourth-order valence-corrected chi connectivity index (χ4v) is 5.91. The number of amides is 2. The Labute approximate surface area is 279 Å². The van der Waals surface area contributed by atoms with Crippen LogP contribution in [0.3, 0.4) is 0 Å². The van der Waals surface area contributed by atoms with Crippen LogP contribution in [0.2, 0.25) is 10.0 Å². The summed E-state index contributed by atoms with van der Waals surface area (Å²) in [5.74, 6) is -3.24. The lowest BCUT2D eigenvalue weighted by atomic mass is 10.0. The number of rotatable bonds is 8. The molecular formula is C33H23Cl2FIN3O5. The Kier molecular flexibility index (Phi) is 9.56. The SMILES string of the molecule is C[C@H](NC(=O)c1ccc(-c2ccccc2)c(F)c1)C(=O)Nc1ccc2c(c1I)c(=O)c(C(=O)O)cn2Cc1ccc(Cl)c(Cl)c1. The van der Waals surface area contributed by atoms with Crippen molar-refractivity contribution in [1.29, 1.82) is 0 Å². The zero-order valence-corrected chi connectivity index (χ0v) is 27.1. The van der Waals surface area contributed by atoms with Crippen molar-refractivity contribution in [3.63, 3.8) is 0 Å². The summed E-state index contributed by atoms with van der Waals surface area (Å²) in [6.45, 7) is 1.65. The highest BCUT2D eigenvalue weighted by atomic mass is 127. The molecule has 0 fully saturated rings. The molecular weight excluding hydrogens is 735 g/mol. The number of benzene rings is 4. The number of anilines is 1. The summed E-state index contributed by atoms with van der Waals surface area (Å²) in [5, 5.41) is 15.8. The minimum atomic E-state index is -1.40. The van der Waals surface area contributed by atoms with Crippen LogP contribution >= 0.6 is 45.8 Å². The molecule has 228 valence electrons. The zero-order chi connectivity index (χ0) is 32.4. The predicted molar refractivity (Wildman–Crippen MR) is 181 cm³/mol. The molecule has 1 heterocycles. The maximum absolute atomic E-state index is 14.8. The van der Waals surface area contributed by atoms with Gasteiger partial charge in [-0.15, -0.1) is 0 Å². The van der Waals surface area contributed by atoms with Crippen LogP contribution in [0.1, 0.15) is 33.2 Å². The summed E-state index contributed by atoms with van der Waals surface area (Å²) in [6.07, 6.45) is 1.26. The van der Waals surface area contributed by atoms with Gasteiger partial charge in [0.15, 0.2) is 0 Å². The first-order valence-electron chi connectivity index (χ1n) is 13.4. The number of aromatic carboxylic acids is 1. The van der Waals surface area contributed by atoms with Gasteiger partial charge in [-0.1, -0.05) is 65.7 Å². The van der Waals surface area contributed by atoms with E-state index in [2.05, 4.69) is 10.6 Å². The number of nitrogens with zero attached hydrogens (tertiary/aromatic N) is 1. The monoisotopic (exact) mass is 757 g/mol. The van der Waals surface area contributed by atoms with Crippen molar-refractivity contribution in [1.82, 2.24) is 9.88 Å². The van der Waals surface area contributed by atoms with E-state index in [4.69, 9.17) is 23.2 Å². The fourth-order valence-electron chi connectivity index (χ4n) is 4.75. The van der Waals surface area contributed by atoms with Gasteiger partial charge < -0.3 is 20.3 Å². The van der Waals surface area contributed by atoms with Gasteiger partial charge in [0.25, 0.3) is 5.91 Å². The number of carbonyl (C=O) groups is 3. The van der Waals surface area contributed by atoms with Gasteiger partial charge in [0.1, 0.15) is 17.4 Å². The molecule has 0 aliphatic heterocycles. The molecule has 12 heteroatoms. The third kappa shape index (κ3) is 6.87. The van der Waals surface area contributed by atoms with Crippen LogP contribution in [0.5, 0.6) is 0 Å². The Balaban J connectivity index is 1.39. The summed E-state index contributed by atoms with van der Waals surface area (Å²) < 4.78 is 16.7. The maximum atomic E-state index is 14.8. The summed E-state index contributed by atoms with van der Waals surface area (Å²) in [5.41, 5.74) is 1.27. The Morgan fingerprint density at radius 2 is 1.71 bits per heavy atom. The molecule has 8 nitrogen and oxygen atoms in total. The van der Waals surface area contributed by atoms with E-state index in [1.165, 1.54) is 25.3 Å². The van der Waals surface area contributed by atoms with Gasteiger partial charge in [0.2, 0.25) is 11.3 Å². The van der Waals surface area contributed by atoms with Crippen LogP contribution in [0.15, 0.2) is 89.9 Å². The van der Waals surface area contributed by atoms with Crippen LogP contribution in [0.4, 0.5) is 10.1 Å². The van der Waals surface area contributed by atoms with E-state index in [1.54, 1.807) is 59.2 Å². The van der Waals surface area contributed by atoms with Crippen molar-refractivity contribution in [2.45, 2.75) is 19.5 Å². The first-order chi connectivity index (χ1) is 21.4. The fraction of sp³-hybridized carbons (Fsp3) is 0.0909.